The van der Waals surface area contributed by atoms with Crippen molar-refractivity contribution in [1.29, 1.82) is 0 Å². The summed E-state index contributed by atoms with van der Waals surface area (Å²) in [6.45, 7) is 3.17. The number of carbonyl (C=O) groups is 2. The third kappa shape index (κ3) is 4.33. The molecular weight excluding hydrogens is 324 g/mol. The number of carbonyl (C=O) groups excluding carboxylic acids is 2. The first-order chi connectivity index (χ1) is 12.1. The summed E-state index contributed by atoms with van der Waals surface area (Å²) in [7, 11) is 0. The van der Waals surface area contributed by atoms with Crippen molar-refractivity contribution in [3.63, 3.8) is 0 Å². The molecule has 0 saturated carbocycles. The summed E-state index contributed by atoms with van der Waals surface area (Å²) in [5.41, 5.74) is -0.00713. The molecule has 2 fully saturated rings. The standard InChI is InChI=1S/C16H26N6O3/c23-10-9-21-12-16(6-4-15(21)25)5-2-7-20(11-16)14(24)3-1-8-22-13-17-18-19-22/h13,23H,1-12H2/t16-/m1/s1. The Morgan fingerprint density at radius 1 is 1.28 bits per heavy atom. The lowest BCUT2D eigenvalue weighted by molar-refractivity contribution is -0.143. The van der Waals surface area contributed by atoms with E-state index < -0.39 is 0 Å². The lowest BCUT2D eigenvalue weighted by Gasteiger charge is -2.48. The molecule has 2 amide bonds. The van der Waals surface area contributed by atoms with Crippen molar-refractivity contribution in [3.8, 4) is 0 Å². The van der Waals surface area contributed by atoms with Crippen LogP contribution in [0.3, 0.4) is 0 Å². The molecule has 1 aromatic heterocycles. The van der Waals surface area contributed by atoms with E-state index in [0.29, 0.717) is 45.4 Å². The predicted molar refractivity (Wildman–Crippen MR) is 88.2 cm³/mol. The maximum atomic E-state index is 12.6. The van der Waals surface area contributed by atoms with Gasteiger partial charge >= 0.3 is 0 Å². The van der Waals surface area contributed by atoms with Gasteiger partial charge in [0.05, 0.1) is 6.61 Å². The number of hydrogen-bond acceptors (Lipinski definition) is 6. The molecule has 1 atom stereocenters. The first kappa shape index (κ1) is 17.8. The van der Waals surface area contributed by atoms with E-state index in [9.17, 15) is 9.59 Å². The zero-order chi connectivity index (χ0) is 17.7. The Bertz CT molecular complexity index is 593. The van der Waals surface area contributed by atoms with Gasteiger partial charge in [-0.05, 0) is 36.1 Å². The van der Waals surface area contributed by atoms with E-state index in [1.807, 2.05) is 4.90 Å². The Hall–Kier alpha value is -2.03. The second-order valence-electron chi connectivity index (χ2n) is 7.13. The molecule has 0 radical (unpaired) electrons. The van der Waals surface area contributed by atoms with Gasteiger partial charge in [-0.15, -0.1) is 5.10 Å². The summed E-state index contributed by atoms with van der Waals surface area (Å²) in [6.07, 6.45) is 6.10. The fraction of sp³-hybridized carbons (Fsp3) is 0.812. The van der Waals surface area contributed by atoms with Crippen LogP contribution in [0.5, 0.6) is 0 Å². The van der Waals surface area contributed by atoms with Gasteiger partial charge in [-0.2, -0.15) is 0 Å². The lowest BCUT2D eigenvalue weighted by Crippen LogP contribution is -2.55. The van der Waals surface area contributed by atoms with Crippen LogP contribution in [0.4, 0.5) is 0 Å². The molecule has 2 saturated heterocycles. The number of aliphatic hydroxyl groups is 1. The highest BCUT2D eigenvalue weighted by Gasteiger charge is 2.42. The van der Waals surface area contributed by atoms with Crippen molar-refractivity contribution in [1.82, 2.24) is 30.0 Å². The summed E-state index contributed by atoms with van der Waals surface area (Å²) in [6, 6.07) is 0. The monoisotopic (exact) mass is 350 g/mol. The maximum Gasteiger partial charge on any atom is 0.222 e. The van der Waals surface area contributed by atoms with Gasteiger partial charge in [-0.25, -0.2) is 4.68 Å². The number of nitrogens with zero attached hydrogens (tertiary/aromatic N) is 6. The fourth-order valence-corrected chi connectivity index (χ4v) is 4.01. The van der Waals surface area contributed by atoms with Crippen molar-refractivity contribution in [2.45, 2.75) is 45.1 Å². The molecule has 25 heavy (non-hydrogen) atoms. The minimum Gasteiger partial charge on any atom is -0.395 e. The van der Waals surface area contributed by atoms with Gasteiger partial charge in [-0.1, -0.05) is 0 Å². The smallest absolute Gasteiger partial charge is 0.222 e. The molecule has 3 heterocycles. The summed E-state index contributed by atoms with van der Waals surface area (Å²) >= 11 is 0. The van der Waals surface area contributed by atoms with Crippen LogP contribution in [-0.2, 0) is 16.1 Å². The number of aliphatic hydroxyl groups excluding tert-OH is 1. The third-order valence-electron chi connectivity index (χ3n) is 5.30. The number of amides is 2. The third-order valence-corrected chi connectivity index (χ3v) is 5.30. The molecule has 0 bridgehead atoms. The van der Waals surface area contributed by atoms with Crippen LogP contribution >= 0.6 is 0 Å². The molecule has 138 valence electrons. The molecule has 3 rings (SSSR count). The zero-order valence-corrected chi connectivity index (χ0v) is 14.5. The quantitative estimate of drug-likeness (QED) is 0.754. The van der Waals surface area contributed by atoms with Gasteiger partial charge < -0.3 is 14.9 Å². The summed E-state index contributed by atoms with van der Waals surface area (Å²) in [4.78, 5) is 28.3. The maximum absolute atomic E-state index is 12.6. The molecule has 9 nitrogen and oxygen atoms in total. The number of hydrogen-bond donors (Lipinski definition) is 1. The molecule has 1 spiro atoms. The highest BCUT2D eigenvalue weighted by Crippen LogP contribution is 2.39. The number of rotatable bonds is 6. The van der Waals surface area contributed by atoms with Crippen LogP contribution in [0.2, 0.25) is 0 Å². The Balaban J connectivity index is 1.53. The van der Waals surface area contributed by atoms with E-state index in [-0.39, 0.29) is 23.8 Å². The van der Waals surface area contributed by atoms with Gasteiger partial charge in [0.1, 0.15) is 6.33 Å². The minimum atomic E-state index is -0.0123. The van der Waals surface area contributed by atoms with Crippen molar-refractivity contribution < 1.29 is 14.7 Å². The highest BCUT2D eigenvalue weighted by molar-refractivity contribution is 5.78. The molecule has 0 aromatic carbocycles. The molecule has 1 aromatic rings. The van der Waals surface area contributed by atoms with Crippen LogP contribution in [0, 0.1) is 5.41 Å². The summed E-state index contributed by atoms with van der Waals surface area (Å²) in [5, 5.41) is 20.1. The number of aryl methyl sites for hydroxylation is 1. The van der Waals surface area contributed by atoms with E-state index in [1.165, 1.54) is 0 Å². The van der Waals surface area contributed by atoms with Gasteiger partial charge in [0.2, 0.25) is 11.8 Å². The first-order valence-corrected chi connectivity index (χ1v) is 8.99. The predicted octanol–water partition coefficient (Wildman–Crippen LogP) is -0.323. The average molecular weight is 350 g/mol. The van der Waals surface area contributed by atoms with Gasteiger partial charge in [0, 0.05) is 51.0 Å². The molecule has 2 aliphatic heterocycles. The molecule has 0 unspecified atom stereocenters. The second kappa shape index (κ2) is 7.90. The van der Waals surface area contributed by atoms with Gasteiger partial charge in [-0.3, -0.25) is 9.59 Å². The lowest BCUT2D eigenvalue weighted by atomic mass is 9.73. The average Bonchev–Trinajstić information content (AvgIpc) is 3.12. The Morgan fingerprint density at radius 2 is 2.16 bits per heavy atom. The van der Waals surface area contributed by atoms with Crippen LogP contribution in [-0.4, -0.2) is 79.7 Å². The van der Waals surface area contributed by atoms with Crippen molar-refractivity contribution >= 4 is 11.8 Å². The SMILES string of the molecule is O=C1CC[C@@]2(CCCN(C(=O)CCCn3cnnn3)C2)CN1CCO. The second-order valence-corrected chi connectivity index (χ2v) is 7.13. The minimum absolute atomic E-state index is 0.00713. The number of likely N-dealkylation sites (tertiary alicyclic amines) is 2. The van der Waals surface area contributed by atoms with E-state index >= 15 is 0 Å². The molecule has 0 aliphatic carbocycles. The summed E-state index contributed by atoms with van der Waals surface area (Å²) in [5.74, 6) is 0.280. The molecular formula is C16H26N6O3. The molecule has 1 N–H and O–H groups in total. The van der Waals surface area contributed by atoms with Crippen LogP contribution < -0.4 is 0 Å². The number of β-amino-alcohol motifs (C(OH)–C–C–N with tert-alkyl or cyclic N) is 1. The number of aromatic nitrogens is 4. The van der Waals surface area contributed by atoms with Gasteiger partial charge in [0.25, 0.3) is 0 Å². The van der Waals surface area contributed by atoms with Crippen molar-refractivity contribution in [3.05, 3.63) is 6.33 Å². The molecule has 2 aliphatic rings. The topological polar surface area (TPSA) is 104 Å². The highest BCUT2D eigenvalue weighted by atomic mass is 16.3. The Kier molecular flexibility index (Phi) is 5.62. The van der Waals surface area contributed by atoms with Crippen LogP contribution in [0.25, 0.3) is 0 Å². The Labute approximate surface area is 147 Å². The van der Waals surface area contributed by atoms with E-state index in [4.69, 9.17) is 5.11 Å². The van der Waals surface area contributed by atoms with Crippen molar-refractivity contribution in [2.24, 2.45) is 5.41 Å². The van der Waals surface area contributed by atoms with Crippen LogP contribution in [0.15, 0.2) is 6.33 Å². The largest absolute Gasteiger partial charge is 0.395 e. The van der Waals surface area contributed by atoms with Crippen LogP contribution in [0.1, 0.15) is 38.5 Å². The first-order valence-electron chi connectivity index (χ1n) is 8.99. The van der Waals surface area contributed by atoms with Crippen molar-refractivity contribution in [2.75, 3.05) is 32.8 Å². The van der Waals surface area contributed by atoms with E-state index in [0.717, 1.165) is 25.8 Å². The molecule has 9 heteroatoms. The normalized spacial score (nSPS) is 24.1. The number of piperidine rings is 2. The number of tetrazole rings is 1. The zero-order valence-electron chi connectivity index (χ0n) is 14.5. The van der Waals surface area contributed by atoms with E-state index in [2.05, 4.69) is 15.5 Å². The van der Waals surface area contributed by atoms with Gasteiger partial charge in [0.15, 0.2) is 0 Å². The van der Waals surface area contributed by atoms with E-state index in [1.54, 1.807) is 15.9 Å². The summed E-state index contributed by atoms with van der Waals surface area (Å²) < 4.78 is 1.63. The fourth-order valence-electron chi connectivity index (χ4n) is 4.01. The Morgan fingerprint density at radius 3 is 2.92 bits per heavy atom.